The fourth-order valence-corrected chi connectivity index (χ4v) is 3.85. The van der Waals surface area contributed by atoms with Crippen LogP contribution >= 0.6 is 0 Å². The average molecular weight is 474 g/mol. The highest BCUT2D eigenvalue weighted by Gasteiger charge is 2.18. The maximum absolute atomic E-state index is 14.3. The molecule has 7 nitrogen and oxygen atoms in total. The summed E-state index contributed by atoms with van der Waals surface area (Å²) in [6.07, 6.45) is 2.69. The summed E-state index contributed by atoms with van der Waals surface area (Å²) in [6, 6.07) is 10.6. The molecule has 0 unspecified atom stereocenters. The summed E-state index contributed by atoms with van der Waals surface area (Å²) < 4.78 is 41.7. The van der Waals surface area contributed by atoms with E-state index in [9.17, 15) is 18.0 Å². The summed E-state index contributed by atoms with van der Waals surface area (Å²) in [5.74, 6) is -2.37. The van der Waals surface area contributed by atoms with Gasteiger partial charge in [0.2, 0.25) is 0 Å². The molecule has 4 N–H and O–H groups in total. The second-order valence-corrected chi connectivity index (χ2v) is 7.82. The third-order valence-electron chi connectivity index (χ3n) is 5.56. The van der Waals surface area contributed by atoms with Crippen LogP contribution in [0, 0.1) is 24.4 Å². The van der Waals surface area contributed by atoms with Crippen molar-refractivity contribution in [2.45, 2.75) is 6.92 Å². The molecular formula is C25H17F3N6O. The van der Waals surface area contributed by atoms with E-state index in [2.05, 4.69) is 25.6 Å². The molecule has 5 rings (SSSR count). The summed E-state index contributed by atoms with van der Waals surface area (Å²) in [6.45, 7) is 1.80. The van der Waals surface area contributed by atoms with Crippen LogP contribution in [0.3, 0.4) is 0 Å². The van der Waals surface area contributed by atoms with E-state index in [1.165, 1.54) is 24.7 Å². The maximum atomic E-state index is 14.3. The molecule has 0 atom stereocenters. The number of hydrogen-bond acceptors (Lipinski definition) is 6. The van der Waals surface area contributed by atoms with E-state index in [1.807, 2.05) is 0 Å². The van der Waals surface area contributed by atoms with Crippen LogP contribution in [0.15, 0.2) is 61.1 Å². The van der Waals surface area contributed by atoms with Gasteiger partial charge < -0.3 is 16.4 Å². The van der Waals surface area contributed by atoms with Crippen LogP contribution in [-0.2, 0) is 0 Å². The Balaban J connectivity index is 1.57. The normalized spacial score (nSPS) is 11.1. The van der Waals surface area contributed by atoms with Gasteiger partial charge in [0, 0.05) is 28.4 Å². The third-order valence-corrected chi connectivity index (χ3v) is 5.56. The Hall–Kier alpha value is -4.73. The standard InChI is InChI=1S/C25H17F3N6O/c1-12-2-4-16-15(6-7-30-24(16)33-20-5-3-13(26)10-19(20)28)21(12)34-25(35)18-9-14(27)8-17-22(18)31-11-32-23(17)29/h2-11H,1H3,(H,30,33)(H,34,35)(H2,29,31,32). The fourth-order valence-electron chi connectivity index (χ4n) is 3.85. The van der Waals surface area contributed by atoms with Crippen LogP contribution in [0.5, 0.6) is 0 Å². The van der Waals surface area contributed by atoms with Crippen molar-refractivity contribution in [3.8, 4) is 0 Å². The Bertz CT molecular complexity index is 1640. The van der Waals surface area contributed by atoms with Crippen molar-refractivity contribution in [3.63, 3.8) is 0 Å². The first-order valence-corrected chi connectivity index (χ1v) is 10.4. The Morgan fingerprint density at radius 1 is 0.886 bits per heavy atom. The minimum atomic E-state index is -0.774. The van der Waals surface area contributed by atoms with Gasteiger partial charge in [0.25, 0.3) is 5.91 Å². The Kier molecular flexibility index (Phi) is 5.40. The van der Waals surface area contributed by atoms with E-state index in [-0.39, 0.29) is 28.0 Å². The number of rotatable bonds is 4. The first-order chi connectivity index (χ1) is 16.8. The molecule has 0 aliphatic rings. The lowest BCUT2D eigenvalue weighted by molar-refractivity contribution is 0.102. The minimum absolute atomic E-state index is 0.00806. The SMILES string of the molecule is Cc1ccc2c(Nc3ccc(F)cc3F)nccc2c1NC(=O)c1cc(F)cc2c(N)ncnc12. The summed E-state index contributed by atoms with van der Waals surface area (Å²) >= 11 is 0. The van der Waals surface area contributed by atoms with Crippen molar-refractivity contribution in [2.75, 3.05) is 16.4 Å². The molecule has 2 heterocycles. The van der Waals surface area contributed by atoms with Crippen LogP contribution < -0.4 is 16.4 Å². The Morgan fingerprint density at radius 3 is 2.51 bits per heavy atom. The van der Waals surface area contributed by atoms with Crippen LogP contribution in [-0.4, -0.2) is 20.9 Å². The second kappa shape index (κ2) is 8.56. The average Bonchev–Trinajstić information content (AvgIpc) is 2.83. The van der Waals surface area contributed by atoms with Gasteiger partial charge in [0.15, 0.2) is 0 Å². The minimum Gasteiger partial charge on any atom is -0.383 e. The van der Waals surface area contributed by atoms with E-state index in [0.29, 0.717) is 22.3 Å². The molecule has 3 aromatic carbocycles. The van der Waals surface area contributed by atoms with Crippen molar-refractivity contribution in [1.29, 1.82) is 0 Å². The molecule has 35 heavy (non-hydrogen) atoms. The van der Waals surface area contributed by atoms with Crippen molar-refractivity contribution < 1.29 is 18.0 Å². The molecule has 0 aliphatic carbocycles. The lowest BCUT2D eigenvalue weighted by Crippen LogP contribution is -2.15. The van der Waals surface area contributed by atoms with E-state index < -0.39 is 23.4 Å². The second-order valence-electron chi connectivity index (χ2n) is 7.82. The predicted octanol–water partition coefficient (Wildman–Crippen LogP) is 5.48. The third kappa shape index (κ3) is 4.05. The zero-order chi connectivity index (χ0) is 24.7. The van der Waals surface area contributed by atoms with Gasteiger partial charge in [-0.3, -0.25) is 4.79 Å². The summed E-state index contributed by atoms with van der Waals surface area (Å²) in [5, 5.41) is 7.11. The fraction of sp³-hybridized carbons (Fsp3) is 0.0400. The van der Waals surface area contributed by atoms with Crippen molar-refractivity contribution in [2.24, 2.45) is 0 Å². The van der Waals surface area contributed by atoms with Gasteiger partial charge in [0.05, 0.1) is 22.5 Å². The number of carbonyl (C=O) groups excluding carboxylic acids is 1. The molecule has 0 aliphatic heterocycles. The highest BCUT2D eigenvalue weighted by Crippen LogP contribution is 2.33. The number of aryl methyl sites for hydroxylation is 1. The summed E-state index contributed by atoms with van der Waals surface area (Å²) in [4.78, 5) is 25.5. The highest BCUT2D eigenvalue weighted by atomic mass is 19.1. The largest absolute Gasteiger partial charge is 0.383 e. The number of fused-ring (bicyclic) bond motifs is 2. The molecule has 0 radical (unpaired) electrons. The summed E-state index contributed by atoms with van der Waals surface area (Å²) in [5.41, 5.74) is 7.26. The van der Waals surface area contributed by atoms with Gasteiger partial charge >= 0.3 is 0 Å². The number of amides is 1. The molecule has 10 heteroatoms. The van der Waals surface area contributed by atoms with Gasteiger partial charge in [-0.1, -0.05) is 12.1 Å². The first kappa shape index (κ1) is 22.1. The highest BCUT2D eigenvalue weighted by molar-refractivity contribution is 6.16. The summed E-state index contributed by atoms with van der Waals surface area (Å²) in [7, 11) is 0. The van der Waals surface area contributed by atoms with E-state index >= 15 is 0 Å². The van der Waals surface area contributed by atoms with Crippen molar-refractivity contribution >= 4 is 50.6 Å². The van der Waals surface area contributed by atoms with Crippen molar-refractivity contribution in [3.05, 3.63) is 89.6 Å². The van der Waals surface area contributed by atoms with Gasteiger partial charge in [-0.05, 0) is 42.8 Å². The van der Waals surface area contributed by atoms with Gasteiger partial charge in [-0.2, -0.15) is 0 Å². The maximum Gasteiger partial charge on any atom is 0.258 e. The van der Waals surface area contributed by atoms with Crippen LogP contribution in [0.25, 0.3) is 21.7 Å². The molecule has 1 amide bonds. The lowest BCUT2D eigenvalue weighted by Gasteiger charge is -2.15. The molecular weight excluding hydrogens is 457 g/mol. The monoisotopic (exact) mass is 474 g/mol. The number of nitrogen functional groups attached to an aromatic ring is 1. The van der Waals surface area contributed by atoms with Gasteiger partial charge in [0.1, 0.15) is 35.4 Å². The predicted molar refractivity (Wildman–Crippen MR) is 128 cm³/mol. The number of nitrogens with zero attached hydrogens (tertiary/aromatic N) is 3. The number of aromatic nitrogens is 3. The van der Waals surface area contributed by atoms with Gasteiger partial charge in [-0.25, -0.2) is 28.1 Å². The number of hydrogen-bond donors (Lipinski definition) is 3. The van der Waals surface area contributed by atoms with Gasteiger partial charge in [-0.15, -0.1) is 0 Å². The van der Waals surface area contributed by atoms with Crippen LogP contribution in [0.2, 0.25) is 0 Å². The molecule has 5 aromatic rings. The smallest absolute Gasteiger partial charge is 0.258 e. The lowest BCUT2D eigenvalue weighted by atomic mass is 10.0. The Morgan fingerprint density at radius 2 is 1.71 bits per heavy atom. The molecule has 2 aromatic heterocycles. The van der Waals surface area contributed by atoms with E-state index in [0.717, 1.165) is 23.8 Å². The molecule has 0 saturated heterocycles. The zero-order valence-electron chi connectivity index (χ0n) is 18.2. The number of benzene rings is 3. The number of carbonyl (C=O) groups is 1. The van der Waals surface area contributed by atoms with Crippen molar-refractivity contribution in [1.82, 2.24) is 15.0 Å². The van der Waals surface area contributed by atoms with E-state index in [4.69, 9.17) is 5.73 Å². The number of nitrogens with one attached hydrogen (secondary N) is 2. The topological polar surface area (TPSA) is 106 Å². The number of nitrogens with two attached hydrogens (primary N) is 1. The van der Waals surface area contributed by atoms with Crippen LogP contribution in [0.1, 0.15) is 15.9 Å². The first-order valence-electron chi connectivity index (χ1n) is 10.4. The molecule has 0 spiro atoms. The molecule has 0 fully saturated rings. The Labute approximate surface area is 196 Å². The zero-order valence-corrected chi connectivity index (χ0v) is 18.2. The number of pyridine rings is 1. The van der Waals surface area contributed by atoms with E-state index in [1.54, 1.807) is 25.1 Å². The van der Waals surface area contributed by atoms with Crippen LogP contribution in [0.4, 0.5) is 36.2 Å². The number of halogens is 3. The number of anilines is 4. The quantitative estimate of drug-likeness (QED) is 0.318. The molecule has 0 bridgehead atoms. The molecule has 174 valence electrons. The molecule has 0 saturated carbocycles.